The highest BCUT2D eigenvalue weighted by Gasteiger charge is 2.44. The van der Waals surface area contributed by atoms with Gasteiger partial charge in [-0.05, 0) is 37.0 Å². The van der Waals surface area contributed by atoms with Crippen molar-refractivity contribution in [2.75, 3.05) is 7.05 Å². The van der Waals surface area contributed by atoms with Gasteiger partial charge in [-0.15, -0.1) is 0 Å². The maximum Gasteiger partial charge on any atom is 0.166 e. The van der Waals surface area contributed by atoms with Crippen LogP contribution in [0.4, 0.5) is 0 Å². The minimum Gasteiger partial charge on any atom is -0.624 e. The van der Waals surface area contributed by atoms with Crippen LogP contribution in [0.5, 0.6) is 0 Å². The third-order valence-electron chi connectivity index (χ3n) is 4.34. The van der Waals surface area contributed by atoms with Gasteiger partial charge in [-0.2, -0.15) is 0 Å². The first-order valence-electron chi connectivity index (χ1n) is 5.69. The molecule has 0 amide bonds. The van der Waals surface area contributed by atoms with E-state index < -0.39 is 0 Å². The van der Waals surface area contributed by atoms with E-state index in [2.05, 4.69) is 12.2 Å². The van der Waals surface area contributed by atoms with Gasteiger partial charge >= 0.3 is 0 Å². The van der Waals surface area contributed by atoms with E-state index in [9.17, 15) is 5.21 Å². The quantitative estimate of drug-likeness (QED) is 0.249. The summed E-state index contributed by atoms with van der Waals surface area (Å²) < 4.78 is 1.13. The summed E-state index contributed by atoms with van der Waals surface area (Å²) in [6.45, 7) is 0. The number of rotatable bonds is 0. The third kappa shape index (κ3) is 1.13. The molecule has 0 spiro atoms. The van der Waals surface area contributed by atoms with Crippen LogP contribution in [-0.4, -0.2) is 17.5 Å². The third-order valence-corrected chi connectivity index (χ3v) is 4.34. The molecular weight excluding hydrogens is 174 g/mol. The molecule has 2 fully saturated rings. The van der Waals surface area contributed by atoms with Crippen molar-refractivity contribution >= 4 is 5.71 Å². The van der Waals surface area contributed by atoms with Gasteiger partial charge in [0.25, 0.3) is 0 Å². The molecule has 3 aliphatic carbocycles. The second kappa shape index (κ2) is 2.85. The monoisotopic (exact) mass is 191 g/mol. The van der Waals surface area contributed by atoms with E-state index >= 15 is 0 Å². The average Bonchev–Trinajstić information content (AvgIpc) is 2.14. The van der Waals surface area contributed by atoms with Crippen LogP contribution in [-0.2, 0) is 0 Å². The van der Waals surface area contributed by atoms with Crippen molar-refractivity contribution in [1.29, 1.82) is 0 Å². The molecule has 0 aromatic carbocycles. The molecule has 76 valence electrons. The Hall–Kier alpha value is -0.790. The van der Waals surface area contributed by atoms with E-state index in [0.717, 1.165) is 23.0 Å². The van der Waals surface area contributed by atoms with Crippen LogP contribution < -0.4 is 0 Å². The van der Waals surface area contributed by atoms with Crippen molar-refractivity contribution in [3.63, 3.8) is 0 Å². The lowest BCUT2D eigenvalue weighted by molar-refractivity contribution is -0.428. The molecule has 0 aliphatic heterocycles. The molecule has 3 aliphatic rings. The van der Waals surface area contributed by atoms with Crippen LogP contribution in [0.25, 0.3) is 0 Å². The van der Waals surface area contributed by atoms with Gasteiger partial charge in [0.1, 0.15) is 7.05 Å². The topological polar surface area (TPSA) is 26.1 Å². The highest BCUT2D eigenvalue weighted by Crippen LogP contribution is 2.48. The van der Waals surface area contributed by atoms with E-state index in [4.69, 9.17) is 0 Å². The summed E-state index contributed by atoms with van der Waals surface area (Å²) in [5.74, 6) is 2.93. The fourth-order valence-electron chi connectivity index (χ4n) is 3.67. The first kappa shape index (κ1) is 8.51. The smallest absolute Gasteiger partial charge is 0.166 e. The summed E-state index contributed by atoms with van der Waals surface area (Å²) in [6, 6.07) is 0. The van der Waals surface area contributed by atoms with Gasteiger partial charge in [0, 0.05) is 12.3 Å². The molecular formula is C12H17NO. The molecule has 0 heterocycles. The average molecular weight is 191 g/mol. The number of fused-ring (bicyclic) bond motifs is 2. The van der Waals surface area contributed by atoms with Crippen molar-refractivity contribution < 1.29 is 4.74 Å². The first-order chi connectivity index (χ1) is 6.74. The number of hydrogen-bond donors (Lipinski definition) is 0. The Bertz CT molecular complexity index is 314. The molecule has 2 saturated carbocycles. The van der Waals surface area contributed by atoms with Gasteiger partial charge in [-0.3, -0.25) is 0 Å². The number of hydroxylamine groups is 1. The van der Waals surface area contributed by atoms with Crippen molar-refractivity contribution in [2.24, 2.45) is 23.7 Å². The lowest BCUT2D eigenvalue weighted by atomic mass is 9.60. The number of nitrogens with zero attached hydrogens (tertiary/aromatic N) is 1. The first-order valence-corrected chi connectivity index (χ1v) is 5.69. The molecule has 3 bridgehead atoms. The van der Waals surface area contributed by atoms with Gasteiger partial charge in [0.05, 0.1) is 0 Å². The Kier molecular flexibility index (Phi) is 1.73. The summed E-state index contributed by atoms with van der Waals surface area (Å²) in [6.07, 6.45) is 9.67. The van der Waals surface area contributed by atoms with Gasteiger partial charge in [-0.1, -0.05) is 12.2 Å². The van der Waals surface area contributed by atoms with Crippen LogP contribution >= 0.6 is 0 Å². The zero-order valence-electron chi connectivity index (χ0n) is 8.65. The molecule has 14 heavy (non-hydrogen) atoms. The van der Waals surface area contributed by atoms with Crippen LogP contribution in [0.1, 0.15) is 25.7 Å². The van der Waals surface area contributed by atoms with Crippen LogP contribution in [0.2, 0.25) is 0 Å². The summed E-state index contributed by atoms with van der Waals surface area (Å²) in [5.41, 5.74) is 1.17. The van der Waals surface area contributed by atoms with Gasteiger partial charge in [0.15, 0.2) is 5.71 Å². The minimum absolute atomic E-state index is 0.599. The molecule has 2 heteroatoms. The predicted octanol–water partition coefficient (Wildman–Crippen LogP) is 2.19. The second-order valence-corrected chi connectivity index (χ2v) is 5.17. The summed E-state index contributed by atoms with van der Waals surface area (Å²) >= 11 is 0. The van der Waals surface area contributed by atoms with Crippen molar-refractivity contribution in [1.82, 2.24) is 0 Å². The Balaban J connectivity index is 2.00. The molecule has 4 atom stereocenters. The van der Waals surface area contributed by atoms with Gasteiger partial charge in [-0.25, -0.2) is 4.74 Å². The van der Waals surface area contributed by atoms with Crippen molar-refractivity contribution in [2.45, 2.75) is 25.7 Å². The van der Waals surface area contributed by atoms with Gasteiger partial charge < -0.3 is 5.21 Å². The molecule has 0 aromatic rings. The Morgan fingerprint density at radius 2 is 2.14 bits per heavy atom. The van der Waals surface area contributed by atoms with Crippen LogP contribution in [0.3, 0.4) is 0 Å². The van der Waals surface area contributed by atoms with E-state index in [-0.39, 0.29) is 0 Å². The predicted molar refractivity (Wildman–Crippen MR) is 56.1 cm³/mol. The minimum atomic E-state index is 0.599. The zero-order chi connectivity index (χ0) is 9.71. The maximum absolute atomic E-state index is 11.4. The summed E-state index contributed by atoms with van der Waals surface area (Å²) in [5, 5.41) is 11.4. The normalized spacial score (nSPS) is 48.1. The second-order valence-electron chi connectivity index (χ2n) is 5.17. The van der Waals surface area contributed by atoms with E-state index in [1.165, 1.54) is 25.0 Å². The molecule has 0 saturated heterocycles. The zero-order valence-corrected chi connectivity index (χ0v) is 8.65. The Labute approximate surface area is 84.9 Å². The SMILES string of the molecule is C/[N+]([O-])=C1/CC2C=CC3CC1CC2C3. The van der Waals surface area contributed by atoms with E-state index in [1.54, 1.807) is 7.05 Å². The molecule has 0 N–H and O–H groups in total. The molecule has 0 radical (unpaired) electrons. The number of allylic oxidation sites excluding steroid dienone is 2. The van der Waals surface area contributed by atoms with E-state index in [1.807, 2.05) is 0 Å². The highest BCUT2D eigenvalue weighted by atomic mass is 16.5. The van der Waals surface area contributed by atoms with E-state index in [0.29, 0.717) is 11.8 Å². The fraction of sp³-hybridized carbons (Fsp3) is 0.750. The number of hydrogen-bond acceptors (Lipinski definition) is 1. The Morgan fingerprint density at radius 1 is 1.29 bits per heavy atom. The molecule has 0 aromatic heterocycles. The lowest BCUT2D eigenvalue weighted by Gasteiger charge is -2.44. The molecule has 4 unspecified atom stereocenters. The van der Waals surface area contributed by atoms with Crippen molar-refractivity contribution in [3.05, 3.63) is 17.4 Å². The Morgan fingerprint density at radius 3 is 2.93 bits per heavy atom. The van der Waals surface area contributed by atoms with Gasteiger partial charge in [0.2, 0.25) is 0 Å². The largest absolute Gasteiger partial charge is 0.624 e. The summed E-state index contributed by atoms with van der Waals surface area (Å²) in [7, 11) is 1.67. The maximum atomic E-state index is 11.4. The molecule has 2 nitrogen and oxygen atoms in total. The fourth-order valence-corrected chi connectivity index (χ4v) is 3.67. The standard InChI is InChI=1S/C12H17NO/c1-13(14)12-7-9-3-2-8-4-10(9)6-11(12)5-8/h2-3,8-11H,4-7H2,1H3/b13-12+. The lowest BCUT2D eigenvalue weighted by Crippen LogP contribution is -2.42. The highest BCUT2D eigenvalue weighted by molar-refractivity contribution is 5.84. The van der Waals surface area contributed by atoms with Crippen LogP contribution in [0, 0.1) is 28.9 Å². The van der Waals surface area contributed by atoms with Crippen molar-refractivity contribution in [3.8, 4) is 0 Å². The van der Waals surface area contributed by atoms with Crippen LogP contribution in [0.15, 0.2) is 12.2 Å². The summed E-state index contributed by atoms with van der Waals surface area (Å²) in [4.78, 5) is 0. The molecule has 3 rings (SSSR count).